The van der Waals surface area contributed by atoms with Crippen LogP contribution >= 0.6 is 0 Å². The number of carboxylic acids is 1. The summed E-state index contributed by atoms with van der Waals surface area (Å²) in [6.45, 7) is 6.33. The van der Waals surface area contributed by atoms with Crippen LogP contribution in [0.4, 0.5) is 0 Å². The first-order chi connectivity index (χ1) is 11.2. The number of aliphatic hydroxyl groups excluding tert-OH is 3. The Morgan fingerprint density at radius 2 is 1.71 bits per heavy atom. The highest BCUT2D eigenvalue weighted by Crippen LogP contribution is 2.29. The molecule has 1 aliphatic heterocycles. The Kier molecular flexibility index (Phi) is 5.49. The van der Waals surface area contributed by atoms with E-state index in [1.54, 1.807) is 12.1 Å². The summed E-state index contributed by atoms with van der Waals surface area (Å²) < 4.78 is 10.5. The van der Waals surface area contributed by atoms with Gasteiger partial charge in [0.2, 0.25) is 6.29 Å². The van der Waals surface area contributed by atoms with Crippen molar-refractivity contribution >= 4 is 5.97 Å². The van der Waals surface area contributed by atoms with Gasteiger partial charge in [0.1, 0.15) is 24.1 Å². The molecule has 1 heterocycles. The molecule has 7 heteroatoms. The fourth-order valence-corrected chi connectivity index (χ4v) is 2.47. The fraction of sp³-hybridized carbons (Fsp3) is 0.588. The van der Waals surface area contributed by atoms with Gasteiger partial charge < -0.3 is 29.9 Å². The minimum Gasteiger partial charge on any atom is -0.479 e. The van der Waals surface area contributed by atoms with E-state index < -0.39 is 36.7 Å². The number of aliphatic hydroxyl groups is 3. The lowest BCUT2D eigenvalue weighted by Crippen LogP contribution is -2.61. The minimum atomic E-state index is -1.73. The van der Waals surface area contributed by atoms with Crippen molar-refractivity contribution in [1.29, 1.82) is 0 Å². The molecule has 0 amide bonds. The van der Waals surface area contributed by atoms with Crippen LogP contribution in [0.2, 0.25) is 0 Å². The van der Waals surface area contributed by atoms with Crippen molar-refractivity contribution in [1.82, 2.24) is 0 Å². The van der Waals surface area contributed by atoms with Crippen LogP contribution in [0, 0.1) is 0 Å². The standard InChI is InChI=1S/C17H24O7/c1-4-17(2,3)9-5-7-10(8-6-9)23-16-13(20)11(18)12(19)14(24-16)15(21)22/h5-8,11-14,16,18-20H,4H2,1-3H3,(H,21,22). The Labute approximate surface area is 140 Å². The molecule has 0 radical (unpaired) electrons. The monoisotopic (exact) mass is 340 g/mol. The SMILES string of the molecule is CCC(C)(C)c1ccc(OC2OC(C(=O)O)C(O)C(O)C2O)cc1. The quantitative estimate of drug-likeness (QED) is 0.622. The van der Waals surface area contributed by atoms with E-state index >= 15 is 0 Å². The van der Waals surface area contributed by atoms with E-state index in [4.69, 9.17) is 14.6 Å². The van der Waals surface area contributed by atoms with E-state index in [2.05, 4.69) is 20.8 Å². The first-order valence-corrected chi connectivity index (χ1v) is 7.87. The Morgan fingerprint density at radius 3 is 2.21 bits per heavy atom. The minimum absolute atomic E-state index is 0.00803. The maximum atomic E-state index is 11.1. The van der Waals surface area contributed by atoms with Crippen molar-refractivity contribution in [2.75, 3.05) is 0 Å². The number of hydrogen-bond donors (Lipinski definition) is 4. The molecule has 5 unspecified atom stereocenters. The van der Waals surface area contributed by atoms with Gasteiger partial charge in [-0.1, -0.05) is 32.9 Å². The summed E-state index contributed by atoms with van der Waals surface area (Å²) in [5.41, 5.74) is 1.12. The zero-order valence-electron chi connectivity index (χ0n) is 13.9. The summed E-state index contributed by atoms with van der Waals surface area (Å²) >= 11 is 0. The van der Waals surface area contributed by atoms with E-state index in [9.17, 15) is 20.1 Å². The van der Waals surface area contributed by atoms with Gasteiger partial charge in [-0.25, -0.2) is 4.79 Å². The topological polar surface area (TPSA) is 116 Å². The molecule has 1 aromatic carbocycles. The van der Waals surface area contributed by atoms with Crippen LogP contribution in [0.25, 0.3) is 0 Å². The molecule has 7 nitrogen and oxygen atoms in total. The lowest BCUT2D eigenvalue weighted by Gasteiger charge is -2.38. The molecule has 0 saturated carbocycles. The lowest BCUT2D eigenvalue weighted by molar-refractivity contribution is -0.271. The van der Waals surface area contributed by atoms with E-state index in [0.29, 0.717) is 5.75 Å². The number of aliphatic carboxylic acids is 1. The average molecular weight is 340 g/mol. The molecular formula is C17H24O7. The summed E-state index contributed by atoms with van der Waals surface area (Å²) in [5, 5.41) is 38.4. The van der Waals surface area contributed by atoms with Crippen LogP contribution < -0.4 is 4.74 Å². The Bertz CT molecular complexity index is 569. The van der Waals surface area contributed by atoms with E-state index in [0.717, 1.165) is 12.0 Å². The van der Waals surface area contributed by atoms with Gasteiger partial charge >= 0.3 is 5.97 Å². The molecule has 1 aromatic rings. The first kappa shape index (κ1) is 18.7. The summed E-state index contributed by atoms with van der Waals surface area (Å²) in [6, 6.07) is 7.15. The highest BCUT2D eigenvalue weighted by Gasteiger charge is 2.48. The second-order valence-electron chi connectivity index (χ2n) is 6.61. The average Bonchev–Trinajstić information content (AvgIpc) is 2.55. The van der Waals surface area contributed by atoms with E-state index in [1.165, 1.54) is 0 Å². The first-order valence-electron chi connectivity index (χ1n) is 7.87. The molecule has 1 fully saturated rings. The van der Waals surface area contributed by atoms with Crippen molar-refractivity contribution in [3.8, 4) is 5.75 Å². The van der Waals surface area contributed by atoms with Crippen LogP contribution in [0.5, 0.6) is 5.75 Å². The number of carboxylic acid groups (broad SMARTS) is 1. The Morgan fingerprint density at radius 1 is 1.12 bits per heavy atom. The van der Waals surface area contributed by atoms with Gasteiger partial charge in [0.15, 0.2) is 6.10 Å². The fourth-order valence-electron chi connectivity index (χ4n) is 2.47. The number of ether oxygens (including phenoxy) is 2. The van der Waals surface area contributed by atoms with Gasteiger partial charge in [-0.05, 0) is 29.5 Å². The largest absolute Gasteiger partial charge is 0.479 e. The maximum Gasteiger partial charge on any atom is 0.335 e. The predicted octanol–water partition coefficient (Wildman–Crippen LogP) is 0.645. The second-order valence-corrected chi connectivity index (χ2v) is 6.61. The summed E-state index contributed by atoms with van der Waals surface area (Å²) in [5.74, 6) is -1.08. The van der Waals surface area contributed by atoms with Gasteiger partial charge in [-0.15, -0.1) is 0 Å². The van der Waals surface area contributed by atoms with Crippen molar-refractivity contribution in [2.45, 2.75) is 63.3 Å². The summed E-state index contributed by atoms with van der Waals surface area (Å²) in [4.78, 5) is 11.1. The molecule has 0 aromatic heterocycles. The maximum absolute atomic E-state index is 11.1. The molecule has 1 saturated heterocycles. The molecule has 0 aliphatic carbocycles. The lowest BCUT2D eigenvalue weighted by atomic mass is 9.82. The number of rotatable bonds is 5. The molecule has 134 valence electrons. The van der Waals surface area contributed by atoms with Crippen LogP contribution in [0.3, 0.4) is 0 Å². The Balaban J connectivity index is 2.13. The number of benzene rings is 1. The Hall–Kier alpha value is -1.67. The van der Waals surface area contributed by atoms with Gasteiger partial charge in [0.25, 0.3) is 0 Å². The van der Waals surface area contributed by atoms with Gasteiger partial charge in [0.05, 0.1) is 0 Å². The normalized spacial score (nSPS) is 30.8. The van der Waals surface area contributed by atoms with Crippen molar-refractivity contribution in [3.63, 3.8) is 0 Å². The summed E-state index contributed by atoms with van der Waals surface area (Å²) in [6.07, 6.45) is -7.08. The van der Waals surface area contributed by atoms with Crippen molar-refractivity contribution < 1.29 is 34.7 Å². The van der Waals surface area contributed by atoms with Gasteiger partial charge in [0, 0.05) is 0 Å². The number of hydrogen-bond acceptors (Lipinski definition) is 6. The van der Waals surface area contributed by atoms with Gasteiger partial charge in [-0.2, -0.15) is 0 Å². The summed E-state index contributed by atoms with van der Waals surface area (Å²) in [7, 11) is 0. The van der Waals surface area contributed by atoms with Crippen molar-refractivity contribution in [2.24, 2.45) is 0 Å². The molecule has 0 spiro atoms. The molecule has 5 atom stereocenters. The third-order valence-corrected chi connectivity index (χ3v) is 4.58. The van der Waals surface area contributed by atoms with Crippen LogP contribution in [-0.2, 0) is 14.9 Å². The van der Waals surface area contributed by atoms with E-state index in [-0.39, 0.29) is 5.41 Å². The van der Waals surface area contributed by atoms with Crippen LogP contribution in [0.1, 0.15) is 32.8 Å². The molecule has 1 aliphatic rings. The molecular weight excluding hydrogens is 316 g/mol. The van der Waals surface area contributed by atoms with Gasteiger partial charge in [-0.3, -0.25) is 0 Å². The zero-order chi connectivity index (χ0) is 18.1. The van der Waals surface area contributed by atoms with E-state index in [1.807, 2.05) is 12.1 Å². The number of carbonyl (C=O) groups is 1. The van der Waals surface area contributed by atoms with Crippen LogP contribution in [-0.4, -0.2) is 57.1 Å². The molecule has 24 heavy (non-hydrogen) atoms. The molecule has 2 rings (SSSR count). The molecule has 0 bridgehead atoms. The molecule has 4 N–H and O–H groups in total. The second kappa shape index (κ2) is 7.06. The predicted molar refractivity (Wildman–Crippen MR) is 84.7 cm³/mol. The highest BCUT2D eigenvalue weighted by molar-refractivity contribution is 5.73. The highest BCUT2D eigenvalue weighted by atomic mass is 16.7. The van der Waals surface area contributed by atoms with Crippen molar-refractivity contribution in [3.05, 3.63) is 29.8 Å². The smallest absolute Gasteiger partial charge is 0.335 e. The zero-order valence-corrected chi connectivity index (χ0v) is 13.9. The third kappa shape index (κ3) is 3.70. The van der Waals surface area contributed by atoms with Crippen LogP contribution in [0.15, 0.2) is 24.3 Å². The third-order valence-electron chi connectivity index (χ3n) is 4.58.